The van der Waals surface area contributed by atoms with Crippen molar-refractivity contribution in [2.45, 2.75) is 75.7 Å². The van der Waals surface area contributed by atoms with Crippen molar-refractivity contribution >= 4 is 11.8 Å². The van der Waals surface area contributed by atoms with Gasteiger partial charge in [-0.3, -0.25) is 0 Å². The van der Waals surface area contributed by atoms with Crippen LogP contribution in [0.15, 0.2) is 6.20 Å². The van der Waals surface area contributed by atoms with E-state index >= 15 is 0 Å². The van der Waals surface area contributed by atoms with E-state index in [1.807, 2.05) is 0 Å². The highest BCUT2D eigenvalue weighted by Crippen LogP contribution is 2.25. The molecule has 0 spiro atoms. The lowest BCUT2D eigenvalue weighted by Crippen LogP contribution is -2.31. The minimum Gasteiger partial charge on any atom is -0.393 e. The van der Waals surface area contributed by atoms with Crippen molar-refractivity contribution < 1.29 is 9.84 Å². The van der Waals surface area contributed by atoms with Gasteiger partial charge in [0, 0.05) is 19.2 Å². The first-order valence-electron chi connectivity index (χ1n) is 9.19. The molecule has 1 aromatic heterocycles. The molecule has 0 amide bonds. The average molecular weight is 345 g/mol. The minimum absolute atomic E-state index is 0.149. The van der Waals surface area contributed by atoms with Gasteiger partial charge < -0.3 is 20.5 Å². The SMILES string of the molecule is CO[C@H]1CC[C@H](Nc2ncc(C#N)c(N[C@H]3CCC[C@H](O)C3)n2)CC1. The lowest BCUT2D eigenvalue weighted by Gasteiger charge is -2.29. The second kappa shape index (κ2) is 8.45. The second-order valence-corrected chi connectivity index (χ2v) is 7.08. The summed E-state index contributed by atoms with van der Waals surface area (Å²) < 4.78 is 5.41. The van der Waals surface area contributed by atoms with Crippen molar-refractivity contribution in [2.24, 2.45) is 0 Å². The van der Waals surface area contributed by atoms with E-state index in [2.05, 4.69) is 26.7 Å². The van der Waals surface area contributed by atoms with Gasteiger partial charge >= 0.3 is 0 Å². The van der Waals surface area contributed by atoms with Crippen molar-refractivity contribution in [2.75, 3.05) is 17.7 Å². The lowest BCUT2D eigenvalue weighted by atomic mass is 9.93. The smallest absolute Gasteiger partial charge is 0.224 e. The molecule has 3 N–H and O–H groups in total. The van der Waals surface area contributed by atoms with Crippen LogP contribution in [0.1, 0.15) is 56.9 Å². The molecule has 0 radical (unpaired) electrons. The summed E-state index contributed by atoms with van der Waals surface area (Å²) in [7, 11) is 1.77. The summed E-state index contributed by atoms with van der Waals surface area (Å²) in [6, 6.07) is 2.63. The number of anilines is 2. The Morgan fingerprint density at radius 2 is 1.96 bits per heavy atom. The molecule has 2 aliphatic carbocycles. The highest BCUT2D eigenvalue weighted by molar-refractivity contribution is 5.54. The van der Waals surface area contributed by atoms with Crippen molar-refractivity contribution in [1.82, 2.24) is 9.97 Å². The van der Waals surface area contributed by atoms with E-state index < -0.39 is 0 Å². The van der Waals surface area contributed by atoms with Crippen molar-refractivity contribution in [3.8, 4) is 6.07 Å². The molecule has 2 aliphatic rings. The number of nitrogens with one attached hydrogen (secondary N) is 2. The van der Waals surface area contributed by atoms with E-state index in [9.17, 15) is 10.4 Å². The van der Waals surface area contributed by atoms with Crippen LogP contribution < -0.4 is 10.6 Å². The van der Waals surface area contributed by atoms with Crippen LogP contribution in [0.3, 0.4) is 0 Å². The Hall–Kier alpha value is -1.91. The first kappa shape index (κ1) is 17.9. The van der Waals surface area contributed by atoms with Crippen LogP contribution in [-0.2, 0) is 4.74 Å². The molecule has 0 unspecified atom stereocenters. The lowest BCUT2D eigenvalue weighted by molar-refractivity contribution is 0.0681. The maximum atomic E-state index is 9.84. The van der Waals surface area contributed by atoms with E-state index in [1.165, 1.54) is 0 Å². The Balaban J connectivity index is 1.64. The Labute approximate surface area is 148 Å². The number of nitrogens with zero attached hydrogens (tertiary/aromatic N) is 3. The van der Waals surface area contributed by atoms with E-state index in [-0.39, 0.29) is 12.1 Å². The topological polar surface area (TPSA) is 103 Å². The van der Waals surface area contributed by atoms with Gasteiger partial charge in [-0.25, -0.2) is 4.98 Å². The molecule has 0 bridgehead atoms. The fourth-order valence-electron chi connectivity index (χ4n) is 3.76. The average Bonchev–Trinajstić information content (AvgIpc) is 2.63. The molecule has 2 saturated carbocycles. The second-order valence-electron chi connectivity index (χ2n) is 7.08. The molecular formula is C18H27N5O2. The Bertz CT molecular complexity index is 610. The van der Waals surface area contributed by atoms with Crippen LogP contribution in [-0.4, -0.2) is 46.5 Å². The minimum atomic E-state index is -0.271. The Kier molecular flexibility index (Phi) is 6.05. The molecule has 7 heteroatoms. The van der Waals surface area contributed by atoms with Crippen molar-refractivity contribution in [1.29, 1.82) is 5.26 Å². The van der Waals surface area contributed by atoms with E-state index in [0.29, 0.717) is 35.9 Å². The molecule has 2 atom stereocenters. The summed E-state index contributed by atoms with van der Waals surface area (Å²) in [5.74, 6) is 1.11. The standard InChI is InChI=1S/C18H27N5O2/c1-25-16-7-5-13(6-8-16)22-18-20-11-12(10-19)17(23-18)21-14-3-2-4-15(24)9-14/h11,13-16,24H,2-9H2,1H3,(H2,20,21,22,23)/t13-,14-,15-,16-/m0/s1. The third kappa shape index (κ3) is 4.80. The molecule has 1 heterocycles. The number of hydrogen-bond donors (Lipinski definition) is 3. The van der Waals surface area contributed by atoms with Crippen molar-refractivity contribution in [3.63, 3.8) is 0 Å². The maximum Gasteiger partial charge on any atom is 0.224 e. The first-order valence-corrected chi connectivity index (χ1v) is 9.19. The molecule has 2 fully saturated rings. The van der Waals surface area contributed by atoms with Gasteiger partial charge in [-0.15, -0.1) is 0 Å². The molecule has 136 valence electrons. The predicted octanol–water partition coefficient (Wildman–Crippen LogP) is 2.43. The van der Waals surface area contributed by atoms with Gasteiger partial charge in [0.2, 0.25) is 5.95 Å². The summed E-state index contributed by atoms with van der Waals surface area (Å²) in [6.45, 7) is 0. The van der Waals surface area contributed by atoms with Gasteiger partial charge in [0.1, 0.15) is 17.5 Å². The number of aliphatic hydroxyl groups excluding tert-OH is 1. The van der Waals surface area contributed by atoms with Crippen LogP contribution in [0.5, 0.6) is 0 Å². The monoisotopic (exact) mass is 345 g/mol. The van der Waals surface area contributed by atoms with Gasteiger partial charge in [0.25, 0.3) is 0 Å². The first-order chi connectivity index (χ1) is 12.2. The van der Waals surface area contributed by atoms with Gasteiger partial charge in [0.15, 0.2) is 0 Å². The largest absolute Gasteiger partial charge is 0.393 e. The number of aliphatic hydroxyl groups is 1. The van der Waals surface area contributed by atoms with Gasteiger partial charge in [0.05, 0.1) is 18.4 Å². The quantitative estimate of drug-likeness (QED) is 0.753. The van der Waals surface area contributed by atoms with E-state index in [4.69, 9.17) is 4.74 Å². The molecule has 0 saturated heterocycles. The number of nitriles is 1. The fraction of sp³-hybridized carbons (Fsp3) is 0.722. The summed E-state index contributed by atoms with van der Waals surface area (Å²) in [5, 5.41) is 25.9. The third-order valence-electron chi connectivity index (χ3n) is 5.24. The molecule has 0 aliphatic heterocycles. The molecule has 7 nitrogen and oxygen atoms in total. The summed E-state index contributed by atoms with van der Waals surface area (Å²) in [6.07, 6.45) is 9.29. The Morgan fingerprint density at radius 3 is 2.64 bits per heavy atom. The third-order valence-corrected chi connectivity index (χ3v) is 5.24. The van der Waals surface area contributed by atoms with E-state index in [0.717, 1.165) is 44.9 Å². The zero-order valence-electron chi connectivity index (χ0n) is 14.7. The van der Waals surface area contributed by atoms with Crippen LogP contribution in [0, 0.1) is 11.3 Å². The van der Waals surface area contributed by atoms with E-state index in [1.54, 1.807) is 13.3 Å². The van der Waals surface area contributed by atoms with Crippen molar-refractivity contribution in [3.05, 3.63) is 11.8 Å². The number of methoxy groups -OCH3 is 1. The number of hydrogen-bond acceptors (Lipinski definition) is 7. The zero-order chi connectivity index (χ0) is 17.6. The molecule has 25 heavy (non-hydrogen) atoms. The fourth-order valence-corrected chi connectivity index (χ4v) is 3.76. The van der Waals surface area contributed by atoms with Crippen LogP contribution in [0.2, 0.25) is 0 Å². The Morgan fingerprint density at radius 1 is 1.16 bits per heavy atom. The summed E-state index contributed by atoms with van der Waals surface area (Å²) in [5.41, 5.74) is 0.439. The number of rotatable bonds is 5. The number of ether oxygens (including phenoxy) is 1. The summed E-state index contributed by atoms with van der Waals surface area (Å²) >= 11 is 0. The molecule has 3 rings (SSSR count). The van der Waals surface area contributed by atoms with Crippen LogP contribution in [0.25, 0.3) is 0 Å². The highest BCUT2D eigenvalue weighted by Gasteiger charge is 2.23. The van der Waals surface area contributed by atoms with Crippen LogP contribution >= 0.6 is 0 Å². The molecule has 0 aromatic carbocycles. The number of aromatic nitrogens is 2. The van der Waals surface area contributed by atoms with Gasteiger partial charge in [-0.2, -0.15) is 10.2 Å². The van der Waals surface area contributed by atoms with Gasteiger partial charge in [-0.1, -0.05) is 0 Å². The molecule has 1 aromatic rings. The summed E-state index contributed by atoms with van der Waals surface area (Å²) in [4.78, 5) is 8.81. The molecular weight excluding hydrogens is 318 g/mol. The maximum absolute atomic E-state index is 9.84. The highest BCUT2D eigenvalue weighted by atomic mass is 16.5. The predicted molar refractivity (Wildman–Crippen MR) is 95.3 cm³/mol. The normalized spacial score (nSPS) is 29.6. The van der Waals surface area contributed by atoms with Gasteiger partial charge in [-0.05, 0) is 51.4 Å². The zero-order valence-corrected chi connectivity index (χ0v) is 14.7. The van der Waals surface area contributed by atoms with Crippen LogP contribution in [0.4, 0.5) is 11.8 Å².